The Labute approximate surface area is 172 Å². The standard InChI is InChI=1S/C23H29N3O3/c1-14(2)16-10-19(15(3)4)23(28)21(11-16)29-25-24-13-17-12-22(27)26(5)20-9-7-6-8-18(17)20/h6-11,13-15,24-25,28H,12H2,1-5H3/b17-13+. The average molecular weight is 396 g/mol. The molecule has 0 atom stereocenters. The van der Waals surface area contributed by atoms with E-state index in [4.69, 9.17) is 4.84 Å². The summed E-state index contributed by atoms with van der Waals surface area (Å²) >= 11 is 0. The number of para-hydroxylation sites is 1. The summed E-state index contributed by atoms with van der Waals surface area (Å²) < 4.78 is 0. The summed E-state index contributed by atoms with van der Waals surface area (Å²) in [7, 11) is 1.78. The number of aromatic hydroxyl groups is 1. The van der Waals surface area contributed by atoms with Crippen LogP contribution in [0, 0.1) is 0 Å². The van der Waals surface area contributed by atoms with Crippen molar-refractivity contribution < 1.29 is 14.7 Å². The second kappa shape index (κ2) is 8.57. The van der Waals surface area contributed by atoms with E-state index < -0.39 is 0 Å². The molecule has 154 valence electrons. The van der Waals surface area contributed by atoms with E-state index in [1.165, 1.54) is 0 Å². The van der Waals surface area contributed by atoms with Crippen LogP contribution in [-0.4, -0.2) is 18.1 Å². The zero-order valence-corrected chi connectivity index (χ0v) is 17.6. The van der Waals surface area contributed by atoms with Gasteiger partial charge in [0.25, 0.3) is 0 Å². The Balaban J connectivity index is 1.75. The van der Waals surface area contributed by atoms with Crippen LogP contribution >= 0.6 is 0 Å². The molecular weight excluding hydrogens is 366 g/mol. The topological polar surface area (TPSA) is 73.8 Å². The van der Waals surface area contributed by atoms with Crippen LogP contribution in [0.2, 0.25) is 0 Å². The molecule has 0 spiro atoms. The third-order valence-corrected chi connectivity index (χ3v) is 5.21. The van der Waals surface area contributed by atoms with Crippen molar-refractivity contribution in [2.24, 2.45) is 0 Å². The molecule has 0 saturated carbocycles. The maximum atomic E-state index is 12.2. The van der Waals surface area contributed by atoms with E-state index in [2.05, 4.69) is 24.9 Å². The maximum Gasteiger partial charge on any atom is 0.231 e. The van der Waals surface area contributed by atoms with Gasteiger partial charge in [0.1, 0.15) is 0 Å². The number of hydrogen-bond donors (Lipinski definition) is 3. The molecule has 0 bridgehead atoms. The third kappa shape index (κ3) is 4.38. The van der Waals surface area contributed by atoms with E-state index in [9.17, 15) is 9.90 Å². The molecule has 3 N–H and O–H groups in total. The van der Waals surface area contributed by atoms with Crippen molar-refractivity contribution in [2.45, 2.75) is 46.0 Å². The summed E-state index contributed by atoms with van der Waals surface area (Å²) in [5.74, 6) is 1.01. The van der Waals surface area contributed by atoms with Gasteiger partial charge in [0.15, 0.2) is 11.5 Å². The molecule has 0 fully saturated rings. The molecule has 6 heteroatoms. The molecule has 0 saturated heterocycles. The van der Waals surface area contributed by atoms with Gasteiger partial charge in [-0.05, 0) is 35.1 Å². The number of fused-ring (bicyclic) bond motifs is 1. The highest BCUT2D eigenvalue weighted by molar-refractivity contribution is 6.06. The summed E-state index contributed by atoms with van der Waals surface area (Å²) in [5, 5.41) is 10.5. The van der Waals surface area contributed by atoms with Gasteiger partial charge in [0, 0.05) is 24.4 Å². The first-order valence-electron chi connectivity index (χ1n) is 9.88. The molecule has 1 heterocycles. The smallest absolute Gasteiger partial charge is 0.231 e. The van der Waals surface area contributed by atoms with Crippen molar-refractivity contribution in [3.05, 3.63) is 59.3 Å². The minimum absolute atomic E-state index is 0.0292. The first-order valence-corrected chi connectivity index (χ1v) is 9.88. The second-order valence-electron chi connectivity index (χ2n) is 7.93. The maximum absolute atomic E-state index is 12.2. The minimum atomic E-state index is 0.0292. The summed E-state index contributed by atoms with van der Waals surface area (Å²) in [6, 6.07) is 11.6. The monoisotopic (exact) mass is 395 g/mol. The summed E-state index contributed by atoms with van der Waals surface area (Å²) in [6.45, 7) is 8.27. The van der Waals surface area contributed by atoms with E-state index >= 15 is 0 Å². The molecule has 0 aliphatic carbocycles. The zero-order chi connectivity index (χ0) is 21.1. The number of phenols is 1. The van der Waals surface area contributed by atoms with Gasteiger partial charge >= 0.3 is 0 Å². The Kier molecular flexibility index (Phi) is 6.13. The van der Waals surface area contributed by atoms with Crippen molar-refractivity contribution in [3.63, 3.8) is 0 Å². The molecule has 0 unspecified atom stereocenters. The van der Waals surface area contributed by atoms with Crippen molar-refractivity contribution in [1.82, 2.24) is 11.0 Å². The van der Waals surface area contributed by atoms with Gasteiger partial charge in [-0.1, -0.05) is 57.5 Å². The van der Waals surface area contributed by atoms with Crippen molar-refractivity contribution in [1.29, 1.82) is 0 Å². The predicted octanol–water partition coefficient (Wildman–Crippen LogP) is 4.43. The number of hydrazine groups is 1. The normalized spacial score (nSPS) is 15.2. The number of benzene rings is 2. The van der Waals surface area contributed by atoms with Crippen LogP contribution in [0.5, 0.6) is 11.5 Å². The van der Waals surface area contributed by atoms with Crippen molar-refractivity contribution in [2.75, 3.05) is 11.9 Å². The second-order valence-corrected chi connectivity index (χ2v) is 7.93. The van der Waals surface area contributed by atoms with Gasteiger partial charge in [-0.25, -0.2) is 0 Å². The number of carbonyl (C=O) groups excluding carboxylic acids is 1. The lowest BCUT2D eigenvalue weighted by molar-refractivity contribution is -0.117. The largest absolute Gasteiger partial charge is 0.504 e. The number of anilines is 1. The fourth-order valence-corrected chi connectivity index (χ4v) is 3.38. The minimum Gasteiger partial charge on any atom is -0.504 e. The van der Waals surface area contributed by atoms with E-state index in [0.29, 0.717) is 18.1 Å². The number of nitrogens with zero attached hydrogens (tertiary/aromatic N) is 1. The molecule has 1 amide bonds. The fraction of sp³-hybridized carbons (Fsp3) is 0.348. The molecular formula is C23H29N3O3. The van der Waals surface area contributed by atoms with Crippen LogP contribution in [0.1, 0.15) is 62.6 Å². The molecule has 1 aliphatic rings. The van der Waals surface area contributed by atoms with Crippen LogP contribution in [-0.2, 0) is 4.79 Å². The lowest BCUT2D eigenvalue weighted by atomic mass is 9.94. The van der Waals surface area contributed by atoms with E-state index in [1.54, 1.807) is 18.1 Å². The highest BCUT2D eigenvalue weighted by atomic mass is 16.7. The van der Waals surface area contributed by atoms with Crippen LogP contribution in [0.15, 0.2) is 42.6 Å². The number of nitrogens with one attached hydrogen (secondary N) is 2. The number of carbonyl (C=O) groups is 1. The first-order chi connectivity index (χ1) is 13.8. The quantitative estimate of drug-likeness (QED) is 0.498. The van der Waals surface area contributed by atoms with Crippen LogP contribution in [0.3, 0.4) is 0 Å². The van der Waals surface area contributed by atoms with Gasteiger partial charge in [0.05, 0.1) is 12.1 Å². The highest BCUT2D eigenvalue weighted by Gasteiger charge is 2.24. The van der Waals surface area contributed by atoms with Crippen molar-refractivity contribution >= 4 is 17.2 Å². The van der Waals surface area contributed by atoms with E-state index in [-0.39, 0.29) is 17.6 Å². The van der Waals surface area contributed by atoms with Gasteiger partial charge in [-0.3, -0.25) is 10.2 Å². The number of phenolic OH excluding ortho intramolecular Hbond substituents is 1. The van der Waals surface area contributed by atoms with Gasteiger partial charge < -0.3 is 14.8 Å². The molecule has 0 radical (unpaired) electrons. The Morgan fingerprint density at radius 3 is 2.55 bits per heavy atom. The number of amides is 1. The van der Waals surface area contributed by atoms with Crippen LogP contribution < -0.4 is 20.8 Å². The SMILES string of the molecule is CC(C)c1cc(ONN/C=C2\CC(=O)N(C)c3ccccc32)c(O)c(C(C)C)c1. The lowest BCUT2D eigenvalue weighted by Gasteiger charge is -2.27. The molecule has 3 rings (SSSR count). The molecule has 2 aromatic rings. The Bertz CT molecular complexity index is 935. The molecule has 6 nitrogen and oxygen atoms in total. The van der Waals surface area contributed by atoms with E-state index in [0.717, 1.165) is 28.0 Å². The van der Waals surface area contributed by atoms with E-state index in [1.807, 2.05) is 50.2 Å². The third-order valence-electron chi connectivity index (χ3n) is 5.21. The Morgan fingerprint density at radius 1 is 1.14 bits per heavy atom. The van der Waals surface area contributed by atoms with Gasteiger partial charge in [0.2, 0.25) is 5.91 Å². The summed E-state index contributed by atoms with van der Waals surface area (Å²) in [6.07, 6.45) is 2.02. The molecule has 0 aromatic heterocycles. The molecule has 29 heavy (non-hydrogen) atoms. The first kappa shape index (κ1) is 20.7. The molecule has 2 aromatic carbocycles. The van der Waals surface area contributed by atoms with Crippen LogP contribution in [0.25, 0.3) is 5.57 Å². The predicted molar refractivity (Wildman–Crippen MR) is 116 cm³/mol. The van der Waals surface area contributed by atoms with Crippen molar-refractivity contribution in [3.8, 4) is 11.5 Å². The Hall–Kier alpha value is -2.99. The fourth-order valence-electron chi connectivity index (χ4n) is 3.38. The zero-order valence-electron chi connectivity index (χ0n) is 17.6. The molecule has 1 aliphatic heterocycles. The lowest BCUT2D eigenvalue weighted by Crippen LogP contribution is -2.33. The van der Waals surface area contributed by atoms with Gasteiger partial charge in [-0.15, -0.1) is 0 Å². The average Bonchev–Trinajstić information content (AvgIpc) is 2.69. The summed E-state index contributed by atoms with van der Waals surface area (Å²) in [5.41, 5.74) is 10.2. The Morgan fingerprint density at radius 2 is 1.86 bits per heavy atom. The van der Waals surface area contributed by atoms with Crippen LogP contribution in [0.4, 0.5) is 5.69 Å². The number of hydrogen-bond acceptors (Lipinski definition) is 5. The van der Waals surface area contributed by atoms with Gasteiger partial charge in [-0.2, -0.15) is 0 Å². The summed E-state index contributed by atoms with van der Waals surface area (Å²) in [4.78, 5) is 19.5. The highest BCUT2D eigenvalue weighted by Crippen LogP contribution is 2.37. The number of rotatable bonds is 6.